The zero-order valence-electron chi connectivity index (χ0n) is 16.5. The molecular formula is C22H19N2O6-. The second kappa shape index (κ2) is 8.60. The van der Waals surface area contributed by atoms with E-state index >= 15 is 0 Å². The van der Waals surface area contributed by atoms with Gasteiger partial charge in [-0.05, 0) is 49.4 Å². The lowest BCUT2D eigenvalue weighted by Crippen LogP contribution is -2.21. The van der Waals surface area contributed by atoms with Crippen molar-refractivity contribution in [3.8, 4) is 5.75 Å². The predicted octanol–water partition coefficient (Wildman–Crippen LogP) is 3.52. The van der Waals surface area contributed by atoms with Crippen LogP contribution in [-0.2, 0) is 0 Å². The van der Waals surface area contributed by atoms with E-state index in [4.69, 9.17) is 4.42 Å². The van der Waals surface area contributed by atoms with Gasteiger partial charge in [-0.15, -0.1) is 0 Å². The quantitative estimate of drug-likeness (QED) is 0.193. The number of carbonyl (C=O) groups is 1. The van der Waals surface area contributed by atoms with Crippen LogP contribution in [0.1, 0.15) is 29.8 Å². The molecule has 30 heavy (non-hydrogen) atoms. The number of hydrogen-bond donors (Lipinski definition) is 0. The molecule has 1 aromatic heterocycles. The maximum Gasteiger partial charge on any atom is 0.347 e. The minimum absolute atomic E-state index is 0.149. The third-order valence-corrected chi connectivity index (χ3v) is 4.72. The number of nitro benzene ring substituents is 1. The molecule has 0 aliphatic rings. The zero-order valence-corrected chi connectivity index (χ0v) is 16.5. The average molecular weight is 407 g/mol. The van der Waals surface area contributed by atoms with Crippen LogP contribution in [0.25, 0.3) is 17.0 Å². The van der Waals surface area contributed by atoms with Crippen molar-refractivity contribution < 1.29 is 19.2 Å². The molecule has 3 rings (SSSR count). The first-order chi connectivity index (χ1) is 14.3. The van der Waals surface area contributed by atoms with Crippen molar-refractivity contribution >= 4 is 34.2 Å². The number of benzene rings is 2. The molecule has 0 N–H and O–H groups in total. The first kappa shape index (κ1) is 20.8. The van der Waals surface area contributed by atoms with Crippen molar-refractivity contribution in [3.05, 3.63) is 80.2 Å². The molecule has 154 valence electrons. The number of allylic oxidation sites excluding steroid dienone is 1. The number of nitro groups is 1. The van der Waals surface area contributed by atoms with Crippen LogP contribution in [0, 0.1) is 10.1 Å². The smallest absolute Gasteiger partial charge is 0.347 e. The first-order valence-electron chi connectivity index (χ1n) is 9.34. The fraction of sp³-hybridized carbons (Fsp3) is 0.182. The predicted molar refractivity (Wildman–Crippen MR) is 112 cm³/mol. The summed E-state index contributed by atoms with van der Waals surface area (Å²) in [5, 5.41) is 22.9. The summed E-state index contributed by atoms with van der Waals surface area (Å²) in [6, 6.07) is 10.4. The van der Waals surface area contributed by atoms with Gasteiger partial charge in [0, 0.05) is 36.3 Å². The van der Waals surface area contributed by atoms with Gasteiger partial charge in [0.25, 0.3) is 5.69 Å². The van der Waals surface area contributed by atoms with E-state index < -0.39 is 27.8 Å². The SMILES string of the molecule is CCN(CC)c1ccc2cc(C(=O)/C=C/c3ccc([O-])c([N+](=O)[O-])c3)c(=O)oc2c1. The van der Waals surface area contributed by atoms with Gasteiger partial charge in [0.15, 0.2) is 5.78 Å². The molecule has 8 nitrogen and oxygen atoms in total. The van der Waals surface area contributed by atoms with Crippen LogP contribution in [0.3, 0.4) is 0 Å². The molecule has 3 aromatic rings. The third kappa shape index (κ3) is 4.22. The lowest BCUT2D eigenvalue weighted by Gasteiger charge is -2.20. The fourth-order valence-corrected chi connectivity index (χ4v) is 3.10. The van der Waals surface area contributed by atoms with E-state index in [1.165, 1.54) is 18.2 Å². The molecule has 0 amide bonds. The van der Waals surface area contributed by atoms with Gasteiger partial charge in [-0.1, -0.05) is 18.2 Å². The van der Waals surface area contributed by atoms with Crippen LogP contribution in [0.4, 0.5) is 11.4 Å². The highest BCUT2D eigenvalue weighted by molar-refractivity contribution is 6.07. The standard InChI is InChI=1S/C22H20N2O6/c1-3-23(4-2)16-8-7-15-12-17(22(27)30-21(15)13-16)19(25)9-5-14-6-10-20(26)18(11-14)24(28)29/h5-13,26H,3-4H2,1-2H3/p-1/b9-5+. The van der Waals surface area contributed by atoms with Gasteiger partial charge in [0.1, 0.15) is 11.1 Å². The molecule has 0 atom stereocenters. The number of hydrogen-bond acceptors (Lipinski definition) is 7. The largest absolute Gasteiger partial charge is 0.868 e. The van der Waals surface area contributed by atoms with E-state index in [2.05, 4.69) is 4.90 Å². The van der Waals surface area contributed by atoms with Crippen LogP contribution in [-0.4, -0.2) is 23.8 Å². The van der Waals surface area contributed by atoms with Gasteiger partial charge in [-0.2, -0.15) is 0 Å². The summed E-state index contributed by atoms with van der Waals surface area (Å²) in [4.78, 5) is 37.0. The van der Waals surface area contributed by atoms with E-state index in [-0.39, 0.29) is 5.56 Å². The van der Waals surface area contributed by atoms with Crippen molar-refractivity contribution in [2.45, 2.75) is 13.8 Å². The lowest BCUT2D eigenvalue weighted by atomic mass is 10.1. The number of fused-ring (bicyclic) bond motifs is 1. The Morgan fingerprint density at radius 3 is 2.53 bits per heavy atom. The van der Waals surface area contributed by atoms with Gasteiger partial charge in [0.2, 0.25) is 0 Å². The zero-order chi connectivity index (χ0) is 21.8. The fourth-order valence-electron chi connectivity index (χ4n) is 3.10. The first-order valence-corrected chi connectivity index (χ1v) is 9.34. The summed E-state index contributed by atoms with van der Waals surface area (Å²) >= 11 is 0. The molecule has 0 aliphatic carbocycles. The van der Waals surface area contributed by atoms with Gasteiger partial charge < -0.3 is 14.4 Å². The Labute approximate surface area is 171 Å². The van der Waals surface area contributed by atoms with Crippen LogP contribution >= 0.6 is 0 Å². The summed E-state index contributed by atoms with van der Waals surface area (Å²) in [5.74, 6) is -1.32. The summed E-state index contributed by atoms with van der Waals surface area (Å²) in [7, 11) is 0. The minimum Gasteiger partial charge on any atom is -0.868 e. The summed E-state index contributed by atoms with van der Waals surface area (Å²) < 4.78 is 5.34. The van der Waals surface area contributed by atoms with Crippen LogP contribution < -0.4 is 15.6 Å². The van der Waals surface area contributed by atoms with Crippen LogP contribution in [0.5, 0.6) is 5.75 Å². The Morgan fingerprint density at radius 2 is 1.87 bits per heavy atom. The maximum atomic E-state index is 12.5. The van der Waals surface area contributed by atoms with E-state index in [0.29, 0.717) is 16.5 Å². The third-order valence-electron chi connectivity index (χ3n) is 4.72. The normalized spacial score (nSPS) is 11.1. The van der Waals surface area contributed by atoms with Gasteiger partial charge in [0.05, 0.1) is 4.92 Å². The number of ketones is 1. The van der Waals surface area contributed by atoms with Crippen molar-refractivity contribution in [1.29, 1.82) is 0 Å². The highest BCUT2D eigenvalue weighted by Gasteiger charge is 2.13. The van der Waals surface area contributed by atoms with Crippen molar-refractivity contribution in [1.82, 2.24) is 0 Å². The minimum atomic E-state index is -0.786. The Balaban J connectivity index is 1.91. The molecule has 0 fully saturated rings. The van der Waals surface area contributed by atoms with Crippen molar-refractivity contribution in [2.75, 3.05) is 18.0 Å². The molecule has 2 aromatic carbocycles. The van der Waals surface area contributed by atoms with Gasteiger partial charge >= 0.3 is 5.63 Å². The number of nitrogens with zero attached hydrogens (tertiary/aromatic N) is 2. The second-order valence-corrected chi connectivity index (χ2v) is 6.52. The molecule has 0 spiro atoms. The molecule has 0 aliphatic heterocycles. The molecule has 1 heterocycles. The molecule has 0 saturated heterocycles. The summed E-state index contributed by atoms with van der Waals surface area (Å²) in [5.41, 5.74) is 0.0890. The Kier molecular flexibility index (Phi) is 5.96. The molecule has 0 unspecified atom stereocenters. The second-order valence-electron chi connectivity index (χ2n) is 6.52. The molecular weight excluding hydrogens is 388 g/mol. The Bertz CT molecular complexity index is 1210. The van der Waals surface area contributed by atoms with E-state index in [1.807, 2.05) is 19.9 Å². The number of rotatable bonds is 7. The van der Waals surface area contributed by atoms with E-state index in [9.17, 15) is 24.8 Å². The number of carbonyl (C=O) groups excluding carboxylic acids is 1. The average Bonchev–Trinajstić information content (AvgIpc) is 2.73. The lowest BCUT2D eigenvalue weighted by molar-refractivity contribution is -0.398. The number of anilines is 1. The van der Waals surface area contributed by atoms with Gasteiger partial charge in [-0.3, -0.25) is 14.9 Å². The van der Waals surface area contributed by atoms with Crippen molar-refractivity contribution in [2.24, 2.45) is 0 Å². The summed E-state index contributed by atoms with van der Waals surface area (Å²) in [6.07, 6.45) is 2.42. The van der Waals surface area contributed by atoms with Crippen LogP contribution in [0.15, 0.2) is 57.8 Å². The van der Waals surface area contributed by atoms with Crippen LogP contribution in [0.2, 0.25) is 0 Å². The molecule has 0 saturated carbocycles. The highest BCUT2D eigenvalue weighted by Crippen LogP contribution is 2.25. The summed E-state index contributed by atoms with van der Waals surface area (Å²) in [6.45, 7) is 5.66. The maximum absolute atomic E-state index is 12.5. The Morgan fingerprint density at radius 1 is 1.13 bits per heavy atom. The molecule has 0 radical (unpaired) electrons. The monoisotopic (exact) mass is 407 g/mol. The van der Waals surface area contributed by atoms with E-state index in [0.717, 1.165) is 37.0 Å². The van der Waals surface area contributed by atoms with E-state index in [1.54, 1.807) is 12.1 Å². The Hall–Kier alpha value is -3.94. The topological polar surface area (TPSA) is 117 Å². The molecule has 8 heteroatoms. The molecule has 0 bridgehead atoms. The van der Waals surface area contributed by atoms with Gasteiger partial charge in [-0.25, -0.2) is 4.79 Å². The highest BCUT2D eigenvalue weighted by atomic mass is 16.6. The van der Waals surface area contributed by atoms with Crippen molar-refractivity contribution in [3.63, 3.8) is 0 Å².